The standard InChI is InChI=1S/C12H20N2O2.ClH/c1-10-13-9-11(14-10)7-5-3-2-4-6-8-12(15)16;/h9H,2-8H2,1H3,(H,13,14)(H,15,16);1H. The number of rotatable bonds is 8. The van der Waals surface area contributed by atoms with Crippen molar-refractivity contribution in [3.63, 3.8) is 0 Å². The third kappa shape index (κ3) is 7.80. The average molecular weight is 261 g/mol. The van der Waals surface area contributed by atoms with E-state index >= 15 is 0 Å². The maximum atomic E-state index is 10.3. The van der Waals surface area contributed by atoms with Crippen molar-refractivity contribution in [2.45, 2.75) is 51.9 Å². The molecule has 0 aliphatic heterocycles. The molecule has 0 radical (unpaired) electrons. The summed E-state index contributed by atoms with van der Waals surface area (Å²) in [6.45, 7) is 1.95. The monoisotopic (exact) mass is 260 g/mol. The van der Waals surface area contributed by atoms with Gasteiger partial charge in [0.1, 0.15) is 5.82 Å². The van der Waals surface area contributed by atoms with Crippen LogP contribution < -0.4 is 0 Å². The minimum atomic E-state index is -0.687. The van der Waals surface area contributed by atoms with Crippen LogP contribution in [0.4, 0.5) is 0 Å². The molecule has 0 bridgehead atoms. The van der Waals surface area contributed by atoms with E-state index in [1.54, 1.807) is 0 Å². The van der Waals surface area contributed by atoms with Gasteiger partial charge in [-0.15, -0.1) is 12.4 Å². The predicted octanol–water partition coefficient (Wildman–Crippen LogP) is 3.11. The SMILES string of the molecule is Cc1ncc(CCCCCCCC(=O)O)[nH]1.Cl. The lowest BCUT2D eigenvalue weighted by Crippen LogP contribution is -1.93. The van der Waals surface area contributed by atoms with Crippen LogP contribution in [0.15, 0.2) is 6.20 Å². The number of aryl methyl sites for hydroxylation is 2. The molecule has 4 nitrogen and oxygen atoms in total. The van der Waals surface area contributed by atoms with Gasteiger partial charge in [0.2, 0.25) is 0 Å². The number of imidazole rings is 1. The van der Waals surface area contributed by atoms with Gasteiger partial charge in [0.25, 0.3) is 0 Å². The van der Waals surface area contributed by atoms with E-state index in [1.165, 1.54) is 5.69 Å². The van der Waals surface area contributed by atoms with Gasteiger partial charge < -0.3 is 10.1 Å². The van der Waals surface area contributed by atoms with E-state index < -0.39 is 5.97 Å². The second kappa shape index (κ2) is 9.05. The van der Waals surface area contributed by atoms with Gasteiger partial charge in [-0.3, -0.25) is 4.79 Å². The number of carboxylic acid groups (broad SMARTS) is 1. The number of unbranched alkanes of at least 4 members (excludes halogenated alkanes) is 4. The minimum Gasteiger partial charge on any atom is -0.481 e. The van der Waals surface area contributed by atoms with E-state index in [-0.39, 0.29) is 12.4 Å². The fraction of sp³-hybridized carbons (Fsp3) is 0.667. The zero-order valence-electron chi connectivity index (χ0n) is 10.2. The Kier molecular flexibility index (Phi) is 8.50. The molecule has 98 valence electrons. The average Bonchev–Trinajstić information content (AvgIpc) is 2.62. The maximum absolute atomic E-state index is 10.3. The second-order valence-corrected chi connectivity index (χ2v) is 4.16. The number of carbonyl (C=O) groups is 1. The van der Waals surface area contributed by atoms with Gasteiger partial charge in [-0.2, -0.15) is 0 Å². The van der Waals surface area contributed by atoms with Crippen LogP contribution in [-0.4, -0.2) is 21.0 Å². The third-order valence-corrected chi connectivity index (χ3v) is 2.59. The molecule has 0 amide bonds. The smallest absolute Gasteiger partial charge is 0.303 e. The number of aromatic nitrogens is 2. The Hall–Kier alpha value is -1.03. The Morgan fingerprint density at radius 2 is 1.94 bits per heavy atom. The lowest BCUT2D eigenvalue weighted by molar-refractivity contribution is -0.137. The van der Waals surface area contributed by atoms with Gasteiger partial charge in [-0.05, 0) is 26.2 Å². The fourth-order valence-corrected chi connectivity index (χ4v) is 1.72. The number of aromatic amines is 1. The number of hydrogen-bond donors (Lipinski definition) is 2. The highest BCUT2D eigenvalue weighted by Gasteiger charge is 1.98. The van der Waals surface area contributed by atoms with Crippen LogP contribution in [0.1, 0.15) is 50.0 Å². The maximum Gasteiger partial charge on any atom is 0.303 e. The van der Waals surface area contributed by atoms with Crippen LogP contribution in [0.25, 0.3) is 0 Å². The summed E-state index contributed by atoms with van der Waals surface area (Å²) in [6.07, 6.45) is 8.50. The molecule has 17 heavy (non-hydrogen) atoms. The summed E-state index contributed by atoms with van der Waals surface area (Å²) in [5.74, 6) is 0.282. The Morgan fingerprint density at radius 1 is 1.29 bits per heavy atom. The van der Waals surface area contributed by atoms with Crippen molar-refractivity contribution in [3.05, 3.63) is 17.7 Å². The number of carboxylic acids is 1. The minimum absolute atomic E-state index is 0. The lowest BCUT2D eigenvalue weighted by Gasteiger charge is -1.99. The highest BCUT2D eigenvalue weighted by Crippen LogP contribution is 2.08. The van der Waals surface area contributed by atoms with E-state index in [9.17, 15) is 4.79 Å². The quantitative estimate of drug-likeness (QED) is 0.706. The van der Waals surface area contributed by atoms with Crippen molar-refractivity contribution >= 4 is 18.4 Å². The van der Waals surface area contributed by atoms with Crippen LogP contribution in [0.3, 0.4) is 0 Å². The van der Waals surface area contributed by atoms with E-state index in [0.29, 0.717) is 6.42 Å². The van der Waals surface area contributed by atoms with E-state index in [1.807, 2.05) is 13.1 Å². The van der Waals surface area contributed by atoms with E-state index in [2.05, 4.69) is 9.97 Å². The molecule has 0 aliphatic carbocycles. The fourth-order valence-electron chi connectivity index (χ4n) is 1.72. The van der Waals surface area contributed by atoms with Crippen LogP contribution in [0.2, 0.25) is 0 Å². The Morgan fingerprint density at radius 3 is 2.53 bits per heavy atom. The number of nitrogens with one attached hydrogen (secondary N) is 1. The molecule has 5 heteroatoms. The van der Waals surface area contributed by atoms with Gasteiger partial charge in [0.05, 0.1) is 0 Å². The van der Waals surface area contributed by atoms with Crippen LogP contribution in [0, 0.1) is 6.92 Å². The van der Waals surface area contributed by atoms with Crippen molar-refractivity contribution in [2.24, 2.45) is 0 Å². The van der Waals surface area contributed by atoms with Gasteiger partial charge >= 0.3 is 5.97 Å². The number of aliphatic carboxylic acids is 1. The normalized spacial score (nSPS) is 9.94. The molecule has 1 aromatic heterocycles. The number of halogens is 1. The summed E-state index contributed by atoms with van der Waals surface area (Å²) in [5.41, 5.74) is 1.20. The number of hydrogen-bond acceptors (Lipinski definition) is 2. The van der Waals surface area contributed by atoms with Gasteiger partial charge in [-0.25, -0.2) is 4.98 Å². The van der Waals surface area contributed by atoms with Gasteiger partial charge in [-0.1, -0.05) is 19.3 Å². The highest BCUT2D eigenvalue weighted by atomic mass is 35.5. The molecule has 1 heterocycles. The number of H-pyrrole nitrogens is 1. The van der Waals surface area contributed by atoms with Crippen LogP contribution >= 0.6 is 12.4 Å². The Labute approximate surface area is 108 Å². The molecule has 0 spiro atoms. The summed E-state index contributed by atoms with van der Waals surface area (Å²) in [5, 5.41) is 8.46. The van der Waals surface area contributed by atoms with Crippen molar-refractivity contribution in [3.8, 4) is 0 Å². The summed E-state index contributed by atoms with van der Waals surface area (Å²) in [6, 6.07) is 0. The highest BCUT2D eigenvalue weighted by molar-refractivity contribution is 5.85. The molecule has 2 N–H and O–H groups in total. The molecule has 0 aliphatic rings. The van der Waals surface area contributed by atoms with Crippen molar-refractivity contribution in [1.29, 1.82) is 0 Å². The van der Waals surface area contributed by atoms with Crippen LogP contribution in [0.5, 0.6) is 0 Å². The van der Waals surface area contributed by atoms with E-state index in [4.69, 9.17) is 5.11 Å². The van der Waals surface area contributed by atoms with Crippen molar-refractivity contribution in [2.75, 3.05) is 0 Å². The first-order valence-corrected chi connectivity index (χ1v) is 5.91. The number of nitrogens with zero attached hydrogens (tertiary/aromatic N) is 1. The molecule has 1 rings (SSSR count). The first-order valence-electron chi connectivity index (χ1n) is 5.91. The Balaban J connectivity index is 0.00000256. The molecule has 0 fully saturated rings. The molecular formula is C12H21ClN2O2. The topological polar surface area (TPSA) is 66.0 Å². The third-order valence-electron chi connectivity index (χ3n) is 2.59. The zero-order chi connectivity index (χ0) is 11.8. The van der Waals surface area contributed by atoms with E-state index in [0.717, 1.165) is 44.3 Å². The zero-order valence-corrected chi connectivity index (χ0v) is 11.1. The summed E-state index contributed by atoms with van der Waals surface area (Å²) >= 11 is 0. The van der Waals surface area contributed by atoms with Gasteiger partial charge in [0.15, 0.2) is 0 Å². The second-order valence-electron chi connectivity index (χ2n) is 4.16. The van der Waals surface area contributed by atoms with Crippen molar-refractivity contribution in [1.82, 2.24) is 9.97 Å². The molecule has 0 saturated carbocycles. The first kappa shape index (κ1) is 16.0. The lowest BCUT2D eigenvalue weighted by atomic mass is 10.1. The largest absolute Gasteiger partial charge is 0.481 e. The summed E-state index contributed by atoms with van der Waals surface area (Å²) in [7, 11) is 0. The molecule has 0 saturated heterocycles. The summed E-state index contributed by atoms with van der Waals surface area (Å²) in [4.78, 5) is 17.6. The Bertz CT molecular complexity index is 326. The predicted molar refractivity (Wildman–Crippen MR) is 69.6 cm³/mol. The van der Waals surface area contributed by atoms with Crippen LogP contribution in [-0.2, 0) is 11.2 Å². The van der Waals surface area contributed by atoms with Crippen molar-refractivity contribution < 1.29 is 9.90 Å². The summed E-state index contributed by atoms with van der Waals surface area (Å²) < 4.78 is 0. The first-order chi connectivity index (χ1) is 7.68. The molecule has 0 aromatic carbocycles. The molecular weight excluding hydrogens is 240 g/mol. The molecule has 0 atom stereocenters. The molecule has 1 aromatic rings. The van der Waals surface area contributed by atoms with Gasteiger partial charge in [0, 0.05) is 18.3 Å². The molecule has 0 unspecified atom stereocenters.